The summed E-state index contributed by atoms with van der Waals surface area (Å²) in [6, 6.07) is -0.248. The molecule has 1 fully saturated rings. The first-order chi connectivity index (χ1) is 5.20. The molecule has 2 bridgehead atoms. The molecule has 4 heteroatoms. The number of fused-ring (bicyclic) bond motifs is 2. The van der Waals surface area contributed by atoms with Crippen LogP contribution < -0.4 is 11.5 Å². The van der Waals surface area contributed by atoms with Gasteiger partial charge in [-0.3, -0.25) is 4.79 Å². The van der Waals surface area contributed by atoms with Gasteiger partial charge in [0.1, 0.15) is 0 Å². The van der Waals surface area contributed by atoms with Gasteiger partial charge in [0, 0.05) is 6.04 Å². The number of hydrogen-bond acceptors (Lipinski definition) is 3. The summed E-state index contributed by atoms with van der Waals surface area (Å²) in [5.41, 5.74) is 10.8. The fourth-order valence-corrected chi connectivity index (χ4v) is 1.69. The Labute approximate surface area is 64.2 Å². The number of primary amides is 1. The Hall–Kier alpha value is -0.870. The Kier molecular flexibility index (Phi) is 1.27. The molecule has 0 aromatic heterocycles. The van der Waals surface area contributed by atoms with E-state index in [4.69, 9.17) is 16.2 Å². The van der Waals surface area contributed by atoms with Crippen molar-refractivity contribution in [2.45, 2.75) is 18.2 Å². The van der Waals surface area contributed by atoms with Crippen molar-refractivity contribution in [2.75, 3.05) is 0 Å². The predicted molar refractivity (Wildman–Crippen MR) is 38.5 cm³/mol. The van der Waals surface area contributed by atoms with Crippen LogP contribution in [0.1, 0.15) is 0 Å². The third kappa shape index (κ3) is 0.797. The van der Waals surface area contributed by atoms with Gasteiger partial charge in [-0.25, -0.2) is 0 Å². The van der Waals surface area contributed by atoms with Gasteiger partial charge in [0.15, 0.2) is 0 Å². The average Bonchev–Trinajstić information content (AvgIpc) is 2.44. The standard InChI is InChI=1S/C7H10N2O2/c8-6-4-2-1-3(11-4)5(6)7(9)10/h1-6H,8H2,(H2,9,10)/t3-,4-,5-,6-/m1/s1. The molecule has 60 valence electrons. The third-order valence-corrected chi connectivity index (χ3v) is 2.28. The molecule has 0 saturated carbocycles. The zero-order chi connectivity index (χ0) is 8.01. The van der Waals surface area contributed by atoms with Gasteiger partial charge >= 0.3 is 0 Å². The van der Waals surface area contributed by atoms with Gasteiger partial charge < -0.3 is 16.2 Å². The van der Waals surface area contributed by atoms with E-state index < -0.39 is 0 Å². The van der Waals surface area contributed by atoms with E-state index in [0.29, 0.717) is 0 Å². The molecule has 0 radical (unpaired) electrons. The lowest BCUT2D eigenvalue weighted by Crippen LogP contribution is -2.44. The SMILES string of the molecule is NC(=O)[C@H]1[C@H](N)[C@H]2C=C[C@H]1O2. The minimum absolute atomic E-state index is 0.0995. The minimum Gasteiger partial charge on any atom is -0.369 e. The number of hydrogen-bond donors (Lipinski definition) is 2. The maximum absolute atomic E-state index is 10.8. The monoisotopic (exact) mass is 154 g/mol. The molecule has 2 aliphatic rings. The van der Waals surface area contributed by atoms with Crippen molar-refractivity contribution >= 4 is 5.91 Å². The Morgan fingerprint density at radius 1 is 1.36 bits per heavy atom. The molecule has 1 amide bonds. The first kappa shape index (κ1) is 6.82. The van der Waals surface area contributed by atoms with Gasteiger partial charge in [-0.1, -0.05) is 12.2 Å². The second-order valence-corrected chi connectivity index (χ2v) is 2.96. The molecule has 2 aliphatic heterocycles. The number of nitrogens with two attached hydrogens (primary N) is 2. The summed E-state index contributed by atoms with van der Waals surface area (Å²) in [5, 5.41) is 0. The van der Waals surface area contributed by atoms with Gasteiger partial charge in [0.05, 0.1) is 18.1 Å². The highest BCUT2D eigenvalue weighted by atomic mass is 16.5. The highest BCUT2D eigenvalue weighted by Crippen LogP contribution is 2.32. The molecule has 4 atom stereocenters. The summed E-state index contributed by atoms with van der Waals surface area (Å²) in [7, 11) is 0. The molecule has 4 nitrogen and oxygen atoms in total. The largest absolute Gasteiger partial charge is 0.369 e. The van der Waals surface area contributed by atoms with Gasteiger partial charge in [-0.2, -0.15) is 0 Å². The summed E-state index contributed by atoms with van der Waals surface area (Å²) in [6.45, 7) is 0. The molecule has 4 N–H and O–H groups in total. The van der Waals surface area contributed by atoms with Crippen molar-refractivity contribution in [2.24, 2.45) is 17.4 Å². The van der Waals surface area contributed by atoms with Crippen LogP contribution >= 0.6 is 0 Å². The molecule has 1 saturated heterocycles. The summed E-state index contributed by atoms with van der Waals surface area (Å²) in [5.74, 6) is -0.695. The second kappa shape index (κ2) is 2.06. The van der Waals surface area contributed by atoms with E-state index in [1.165, 1.54) is 0 Å². The summed E-state index contributed by atoms with van der Waals surface area (Å²) in [6.07, 6.45) is 3.46. The molecule has 0 unspecified atom stereocenters. The number of amides is 1. The summed E-state index contributed by atoms with van der Waals surface area (Å²) >= 11 is 0. The highest BCUT2D eigenvalue weighted by molar-refractivity contribution is 5.79. The fourth-order valence-electron chi connectivity index (χ4n) is 1.69. The van der Waals surface area contributed by atoms with Crippen molar-refractivity contribution in [3.8, 4) is 0 Å². The molecule has 0 aromatic rings. The topological polar surface area (TPSA) is 78.3 Å². The van der Waals surface area contributed by atoms with E-state index in [1.807, 2.05) is 12.2 Å². The lowest BCUT2D eigenvalue weighted by Gasteiger charge is -2.17. The Morgan fingerprint density at radius 3 is 2.36 bits per heavy atom. The fraction of sp³-hybridized carbons (Fsp3) is 0.571. The van der Waals surface area contributed by atoms with Crippen LogP contribution in [0.2, 0.25) is 0 Å². The zero-order valence-corrected chi connectivity index (χ0v) is 5.94. The van der Waals surface area contributed by atoms with E-state index in [1.54, 1.807) is 0 Å². The summed E-state index contributed by atoms with van der Waals surface area (Å²) in [4.78, 5) is 10.8. The summed E-state index contributed by atoms with van der Waals surface area (Å²) < 4.78 is 5.32. The van der Waals surface area contributed by atoms with Crippen LogP contribution in [0, 0.1) is 5.92 Å². The Bertz CT molecular complexity index is 226. The highest BCUT2D eigenvalue weighted by Gasteiger charge is 2.46. The van der Waals surface area contributed by atoms with Crippen LogP contribution in [0.3, 0.4) is 0 Å². The quantitative estimate of drug-likeness (QED) is 0.463. The molecule has 11 heavy (non-hydrogen) atoms. The molecule has 0 aliphatic carbocycles. The maximum Gasteiger partial charge on any atom is 0.225 e. The van der Waals surface area contributed by atoms with Crippen LogP contribution in [-0.2, 0) is 9.53 Å². The molecular formula is C7H10N2O2. The van der Waals surface area contributed by atoms with Crippen molar-refractivity contribution in [3.05, 3.63) is 12.2 Å². The van der Waals surface area contributed by atoms with Gasteiger partial charge in [0.25, 0.3) is 0 Å². The van der Waals surface area contributed by atoms with Crippen LogP contribution in [0.4, 0.5) is 0 Å². The van der Waals surface area contributed by atoms with Crippen molar-refractivity contribution in [1.29, 1.82) is 0 Å². The maximum atomic E-state index is 10.8. The molecule has 2 rings (SSSR count). The number of carbonyl (C=O) groups is 1. The van der Waals surface area contributed by atoms with Gasteiger partial charge in [-0.15, -0.1) is 0 Å². The van der Waals surface area contributed by atoms with Crippen molar-refractivity contribution in [3.63, 3.8) is 0 Å². The van der Waals surface area contributed by atoms with Crippen LogP contribution in [0.25, 0.3) is 0 Å². The van der Waals surface area contributed by atoms with Gasteiger partial charge in [0.2, 0.25) is 5.91 Å². The number of carbonyl (C=O) groups excluding carboxylic acids is 1. The van der Waals surface area contributed by atoms with Gasteiger partial charge in [-0.05, 0) is 0 Å². The first-order valence-electron chi connectivity index (χ1n) is 3.59. The smallest absolute Gasteiger partial charge is 0.225 e. The minimum atomic E-state index is -0.366. The third-order valence-electron chi connectivity index (χ3n) is 2.28. The predicted octanol–water partition coefficient (Wildman–Crippen LogP) is -1.25. The lowest BCUT2D eigenvalue weighted by molar-refractivity contribution is -0.122. The Balaban J connectivity index is 2.25. The van der Waals surface area contributed by atoms with E-state index >= 15 is 0 Å². The van der Waals surface area contributed by atoms with E-state index in [0.717, 1.165) is 0 Å². The lowest BCUT2D eigenvalue weighted by atomic mass is 9.89. The second-order valence-electron chi connectivity index (χ2n) is 2.96. The number of ether oxygens (including phenoxy) is 1. The first-order valence-corrected chi connectivity index (χ1v) is 3.59. The molecule has 0 spiro atoms. The molecule has 2 heterocycles. The van der Waals surface area contributed by atoms with Crippen LogP contribution in [0.15, 0.2) is 12.2 Å². The Morgan fingerprint density at radius 2 is 2.00 bits per heavy atom. The molecular weight excluding hydrogens is 144 g/mol. The van der Waals surface area contributed by atoms with Crippen molar-refractivity contribution in [1.82, 2.24) is 0 Å². The zero-order valence-electron chi connectivity index (χ0n) is 5.94. The average molecular weight is 154 g/mol. The molecule has 0 aromatic carbocycles. The van der Waals surface area contributed by atoms with E-state index in [-0.39, 0.29) is 30.1 Å². The van der Waals surface area contributed by atoms with Crippen LogP contribution in [-0.4, -0.2) is 24.2 Å². The normalized spacial score (nSPS) is 46.6. The van der Waals surface area contributed by atoms with Crippen LogP contribution in [0.5, 0.6) is 0 Å². The van der Waals surface area contributed by atoms with Crippen molar-refractivity contribution < 1.29 is 9.53 Å². The number of rotatable bonds is 1. The van der Waals surface area contributed by atoms with E-state index in [2.05, 4.69) is 0 Å². The van der Waals surface area contributed by atoms with E-state index in [9.17, 15) is 4.79 Å².